The Morgan fingerprint density at radius 2 is 1.64 bits per heavy atom. The van der Waals surface area contributed by atoms with Crippen LogP contribution < -0.4 is 0 Å². The molecule has 0 saturated heterocycles. The van der Waals surface area contributed by atoms with E-state index in [0.717, 1.165) is 5.56 Å². The molecule has 0 saturated carbocycles. The molecule has 5 heteroatoms. The molecule has 0 heterocycles. The molecule has 0 radical (unpaired) electrons. The van der Waals surface area contributed by atoms with Gasteiger partial charge < -0.3 is 10.0 Å². The Morgan fingerprint density at radius 1 is 1.00 bits per heavy atom. The predicted octanol–water partition coefficient (Wildman–Crippen LogP) is 2.60. The lowest BCUT2D eigenvalue weighted by molar-refractivity contribution is -0.137. The molecular formula is C17H16FNO3. The fourth-order valence-corrected chi connectivity index (χ4v) is 2.10. The van der Waals surface area contributed by atoms with Crippen LogP contribution in [0.25, 0.3) is 0 Å². The molecule has 0 unspecified atom stereocenters. The van der Waals surface area contributed by atoms with Gasteiger partial charge in [-0.15, -0.1) is 0 Å². The number of rotatable bonds is 6. The summed E-state index contributed by atoms with van der Waals surface area (Å²) < 4.78 is 12.9. The molecule has 2 aromatic carbocycles. The summed E-state index contributed by atoms with van der Waals surface area (Å²) in [7, 11) is 0. The summed E-state index contributed by atoms with van der Waals surface area (Å²) in [6.07, 6.45) is 0.557. The Bertz CT molecular complexity index is 641. The summed E-state index contributed by atoms with van der Waals surface area (Å²) in [5, 5.41) is 8.97. The minimum absolute atomic E-state index is 0.274. The van der Waals surface area contributed by atoms with Crippen molar-refractivity contribution in [3.05, 3.63) is 71.5 Å². The zero-order chi connectivity index (χ0) is 15.9. The van der Waals surface area contributed by atoms with Crippen LogP contribution in [-0.4, -0.2) is 35.0 Å². The van der Waals surface area contributed by atoms with E-state index in [0.29, 0.717) is 6.42 Å². The summed E-state index contributed by atoms with van der Waals surface area (Å²) in [4.78, 5) is 24.6. The molecule has 2 rings (SSSR count). The zero-order valence-corrected chi connectivity index (χ0v) is 11.9. The number of carboxylic acids is 1. The lowest BCUT2D eigenvalue weighted by Gasteiger charge is -2.21. The van der Waals surface area contributed by atoms with Crippen LogP contribution in [0.5, 0.6) is 0 Å². The van der Waals surface area contributed by atoms with Gasteiger partial charge in [-0.25, -0.2) is 4.39 Å². The number of benzene rings is 2. The zero-order valence-electron chi connectivity index (χ0n) is 11.9. The van der Waals surface area contributed by atoms with Gasteiger partial charge in [0.15, 0.2) is 0 Å². The van der Waals surface area contributed by atoms with E-state index in [9.17, 15) is 14.0 Å². The molecule has 0 aliphatic carbocycles. The maximum atomic E-state index is 12.9. The fourth-order valence-electron chi connectivity index (χ4n) is 2.10. The van der Waals surface area contributed by atoms with Gasteiger partial charge >= 0.3 is 5.97 Å². The molecule has 1 amide bonds. The monoisotopic (exact) mass is 301 g/mol. The summed E-state index contributed by atoms with van der Waals surface area (Å²) >= 11 is 0. The maximum Gasteiger partial charge on any atom is 0.323 e. The van der Waals surface area contributed by atoms with Gasteiger partial charge in [0.05, 0.1) is 0 Å². The number of carbonyl (C=O) groups excluding carboxylic acids is 1. The highest BCUT2D eigenvalue weighted by Gasteiger charge is 2.18. The third-order valence-electron chi connectivity index (χ3n) is 3.22. The molecule has 2 aromatic rings. The Kier molecular flexibility index (Phi) is 5.25. The van der Waals surface area contributed by atoms with Crippen molar-refractivity contribution in [1.82, 2.24) is 4.90 Å². The molecule has 0 aliphatic heterocycles. The number of hydrogen-bond donors (Lipinski definition) is 1. The average Bonchev–Trinajstić information content (AvgIpc) is 2.52. The van der Waals surface area contributed by atoms with Gasteiger partial charge in [-0.05, 0) is 36.2 Å². The molecule has 0 aliphatic rings. The summed E-state index contributed by atoms with van der Waals surface area (Å²) in [6, 6.07) is 14.6. The standard InChI is InChI=1S/C17H16FNO3/c18-15-8-6-14(7-9-15)17(22)19(12-16(20)21)11-10-13-4-2-1-3-5-13/h1-9H,10-12H2,(H,20,21). The van der Waals surface area contributed by atoms with Gasteiger partial charge in [0, 0.05) is 12.1 Å². The first-order chi connectivity index (χ1) is 10.6. The molecule has 114 valence electrons. The third-order valence-corrected chi connectivity index (χ3v) is 3.22. The number of carbonyl (C=O) groups is 2. The molecule has 0 atom stereocenters. The quantitative estimate of drug-likeness (QED) is 0.892. The average molecular weight is 301 g/mol. The van der Waals surface area contributed by atoms with E-state index < -0.39 is 17.7 Å². The van der Waals surface area contributed by atoms with Crippen molar-refractivity contribution in [1.29, 1.82) is 0 Å². The van der Waals surface area contributed by atoms with Crippen LogP contribution in [0.3, 0.4) is 0 Å². The number of hydrogen-bond acceptors (Lipinski definition) is 2. The van der Waals surface area contributed by atoms with Crippen LogP contribution in [0.4, 0.5) is 4.39 Å². The first kappa shape index (κ1) is 15.7. The smallest absolute Gasteiger partial charge is 0.323 e. The Balaban J connectivity index is 2.09. The van der Waals surface area contributed by atoms with Crippen molar-refractivity contribution in [2.75, 3.05) is 13.1 Å². The van der Waals surface area contributed by atoms with Crippen molar-refractivity contribution in [2.45, 2.75) is 6.42 Å². The van der Waals surface area contributed by atoms with Crippen LogP contribution >= 0.6 is 0 Å². The first-order valence-corrected chi connectivity index (χ1v) is 6.87. The van der Waals surface area contributed by atoms with Crippen molar-refractivity contribution in [2.24, 2.45) is 0 Å². The van der Waals surface area contributed by atoms with Gasteiger partial charge in [-0.2, -0.15) is 0 Å². The highest BCUT2D eigenvalue weighted by atomic mass is 19.1. The highest BCUT2D eigenvalue weighted by molar-refractivity contribution is 5.95. The Labute approximate surface area is 127 Å². The van der Waals surface area contributed by atoms with Crippen molar-refractivity contribution < 1.29 is 19.1 Å². The molecule has 0 aromatic heterocycles. The molecular weight excluding hydrogens is 285 g/mol. The van der Waals surface area contributed by atoms with Crippen LogP contribution in [0.2, 0.25) is 0 Å². The maximum absolute atomic E-state index is 12.9. The molecule has 0 bridgehead atoms. The summed E-state index contributed by atoms with van der Waals surface area (Å²) in [5.41, 5.74) is 1.29. The Hall–Kier alpha value is -2.69. The Morgan fingerprint density at radius 3 is 2.23 bits per heavy atom. The molecule has 22 heavy (non-hydrogen) atoms. The number of amides is 1. The molecule has 0 spiro atoms. The lowest BCUT2D eigenvalue weighted by atomic mass is 10.1. The van der Waals surface area contributed by atoms with E-state index in [1.165, 1.54) is 29.2 Å². The van der Waals surface area contributed by atoms with E-state index in [1.807, 2.05) is 30.3 Å². The predicted molar refractivity (Wildman–Crippen MR) is 80.1 cm³/mol. The molecule has 4 nitrogen and oxygen atoms in total. The van der Waals surface area contributed by atoms with E-state index in [-0.39, 0.29) is 18.7 Å². The van der Waals surface area contributed by atoms with E-state index >= 15 is 0 Å². The normalized spacial score (nSPS) is 10.2. The van der Waals surface area contributed by atoms with Gasteiger partial charge in [0.25, 0.3) is 5.91 Å². The molecule has 0 fully saturated rings. The van der Waals surface area contributed by atoms with Crippen LogP contribution in [0, 0.1) is 5.82 Å². The van der Waals surface area contributed by atoms with Gasteiger partial charge in [0.2, 0.25) is 0 Å². The third kappa shape index (κ3) is 4.41. The second-order valence-corrected chi connectivity index (χ2v) is 4.86. The first-order valence-electron chi connectivity index (χ1n) is 6.87. The molecule has 1 N–H and O–H groups in total. The van der Waals surface area contributed by atoms with Crippen molar-refractivity contribution in [3.8, 4) is 0 Å². The number of nitrogens with zero attached hydrogens (tertiary/aromatic N) is 1. The second kappa shape index (κ2) is 7.36. The van der Waals surface area contributed by atoms with E-state index in [1.54, 1.807) is 0 Å². The largest absolute Gasteiger partial charge is 0.480 e. The van der Waals surface area contributed by atoms with Crippen molar-refractivity contribution in [3.63, 3.8) is 0 Å². The second-order valence-electron chi connectivity index (χ2n) is 4.86. The SMILES string of the molecule is O=C(O)CN(CCc1ccccc1)C(=O)c1ccc(F)cc1. The van der Waals surface area contributed by atoms with E-state index in [4.69, 9.17) is 5.11 Å². The highest BCUT2D eigenvalue weighted by Crippen LogP contribution is 2.09. The van der Waals surface area contributed by atoms with Crippen LogP contribution in [0.1, 0.15) is 15.9 Å². The number of halogens is 1. The van der Waals surface area contributed by atoms with Crippen LogP contribution in [0.15, 0.2) is 54.6 Å². The van der Waals surface area contributed by atoms with Gasteiger partial charge in [-0.1, -0.05) is 30.3 Å². The minimum Gasteiger partial charge on any atom is -0.480 e. The number of carboxylic acid groups (broad SMARTS) is 1. The summed E-state index contributed by atoms with van der Waals surface area (Å²) in [6.45, 7) is -0.102. The topological polar surface area (TPSA) is 57.6 Å². The lowest BCUT2D eigenvalue weighted by Crippen LogP contribution is -2.37. The van der Waals surface area contributed by atoms with Crippen LogP contribution in [-0.2, 0) is 11.2 Å². The van der Waals surface area contributed by atoms with Crippen molar-refractivity contribution >= 4 is 11.9 Å². The number of aliphatic carboxylic acids is 1. The fraction of sp³-hybridized carbons (Fsp3) is 0.176. The van der Waals surface area contributed by atoms with E-state index in [2.05, 4.69) is 0 Å². The van der Waals surface area contributed by atoms with Gasteiger partial charge in [-0.3, -0.25) is 9.59 Å². The van der Waals surface area contributed by atoms with Gasteiger partial charge in [0.1, 0.15) is 12.4 Å². The minimum atomic E-state index is -1.08. The summed E-state index contributed by atoms with van der Waals surface area (Å²) in [5.74, 6) is -1.94.